The first-order chi connectivity index (χ1) is 29.7. The van der Waals surface area contributed by atoms with Crippen molar-refractivity contribution in [1.29, 1.82) is 0 Å². The second-order valence-electron chi connectivity index (χ2n) is 17.6. The number of ketones is 1. The maximum Gasteiger partial charge on any atom is 0.263 e. The molecule has 0 bridgehead atoms. The molecule has 4 aromatic rings. The molecule has 1 unspecified atom stereocenters. The van der Waals surface area contributed by atoms with Crippen molar-refractivity contribution in [3.8, 4) is 0 Å². The number of hydrogen-bond donors (Lipinski definition) is 2. The number of nitrogens with one attached hydrogen (secondary N) is 2. The minimum Gasteiger partial charge on any atom is -0.369 e. The molecule has 2 N–H and O–H groups in total. The molecule has 1 saturated carbocycles. The van der Waals surface area contributed by atoms with Crippen molar-refractivity contribution >= 4 is 51.8 Å². The molecular formula is C46H59N11O4. The van der Waals surface area contributed by atoms with Gasteiger partial charge in [0.05, 0.1) is 23.4 Å². The van der Waals surface area contributed by atoms with Gasteiger partial charge in [-0.15, -0.1) is 0 Å². The zero-order valence-electron chi connectivity index (χ0n) is 35.7. The second kappa shape index (κ2) is 18.0. The van der Waals surface area contributed by atoms with E-state index in [1.807, 2.05) is 19.2 Å². The molecule has 9 rings (SSSR count). The van der Waals surface area contributed by atoms with Crippen molar-refractivity contribution in [3.63, 3.8) is 0 Å². The van der Waals surface area contributed by atoms with Gasteiger partial charge in [0, 0.05) is 101 Å². The summed E-state index contributed by atoms with van der Waals surface area (Å²) in [6.45, 7) is 15.9. The number of carbonyl (C=O) groups is 3. The van der Waals surface area contributed by atoms with E-state index in [1.54, 1.807) is 10.8 Å². The van der Waals surface area contributed by atoms with E-state index in [0.717, 1.165) is 121 Å². The average Bonchev–Trinajstić information content (AvgIpc) is 3.81. The summed E-state index contributed by atoms with van der Waals surface area (Å²) in [4.78, 5) is 76.8. The Hall–Kier alpha value is -5.25. The summed E-state index contributed by atoms with van der Waals surface area (Å²) in [5.74, 6) is 0.194. The summed E-state index contributed by atoms with van der Waals surface area (Å²) in [6.07, 6.45) is 11.0. The number of imide groups is 1. The van der Waals surface area contributed by atoms with Gasteiger partial charge in [0.1, 0.15) is 11.5 Å². The van der Waals surface area contributed by atoms with E-state index >= 15 is 0 Å². The SMILES string of the molecule is CC(=O)c1c(C)c2cnc(Nc3ccc(N4CCN(CCN5CCC(N6CCN(c7ccc(C8CCC(=O)NC8=O)cc7)CC6)CC5)CC4)cn3)nc2n(C2CCCC2)c1=O. The van der Waals surface area contributed by atoms with Crippen LogP contribution >= 0.6 is 0 Å². The predicted molar refractivity (Wildman–Crippen MR) is 237 cm³/mol. The smallest absolute Gasteiger partial charge is 0.263 e. The number of hydrogen-bond acceptors (Lipinski definition) is 13. The molecular weight excluding hydrogens is 771 g/mol. The molecule has 1 aromatic carbocycles. The minimum atomic E-state index is -0.255. The van der Waals surface area contributed by atoms with Crippen LogP contribution in [0, 0.1) is 6.92 Å². The van der Waals surface area contributed by atoms with E-state index in [0.29, 0.717) is 41.9 Å². The Morgan fingerprint density at radius 3 is 2.05 bits per heavy atom. The molecule has 1 aliphatic carbocycles. The van der Waals surface area contributed by atoms with Gasteiger partial charge in [-0.3, -0.25) is 38.9 Å². The quantitative estimate of drug-likeness (QED) is 0.162. The Bertz CT molecular complexity index is 2290. The first kappa shape index (κ1) is 41.1. The highest BCUT2D eigenvalue weighted by atomic mass is 16.2. The fraction of sp³-hybridized carbons (Fsp3) is 0.543. The van der Waals surface area contributed by atoms with Crippen molar-refractivity contribution in [3.05, 3.63) is 75.8 Å². The maximum atomic E-state index is 13.6. The number of rotatable bonds is 11. The lowest BCUT2D eigenvalue weighted by atomic mass is 9.90. The van der Waals surface area contributed by atoms with Crippen molar-refractivity contribution < 1.29 is 14.4 Å². The Balaban J connectivity index is 0.704. The molecule has 4 saturated heterocycles. The van der Waals surface area contributed by atoms with Gasteiger partial charge in [0.2, 0.25) is 17.8 Å². The molecule has 0 spiro atoms. The molecule has 15 heteroatoms. The number of aromatic nitrogens is 4. The summed E-state index contributed by atoms with van der Waals surface area (Å²) >= 11 is 0. The van der Waals surface area contributed by atoms with Gasteiger partial charge in [-0.05, 0) is 94.4 Å². The van der Waals surface area contributed by atoms with Crippen LogP contribution in [0.4, 0.5) is 23.1 Å². The fourth-order valence-corrected chi connectivity index (χ4v) is 10.4. The second-order valence-corrected chi connectivity index (χ2v) is 17.6. The molecule has 7 heterocycles. The van der Waals surface area contributed by atoms with Crippen LogP contribution in [0.2, 0.25) is 0 Å². The number of pyridine rings is 2. The van der Waals surface area contributed by atoms with E-state index in [4.69, 9.17) is 9.97 Å². The average molecular weight is 830 g/mol. The van der Waals surface area contributed by atoms with Gasteiger partial charge >= 0.3 is 0 Å². The van der Waals surface area contributed by atoms with E-state index in [-0.39, 0.29) is 40.7 Å². The van der Waals surface area contributed by atoms with Gasteiger partial charge in [-0.2, -0.15) is 4.98 Å². The van der Waals surface area contributed by atoms with Gasteiger partial charge < -0.3 is 20.0 Å². The standard InChI is InChI=1S/C46H59N11O4/c1-31-39-30-48-46(51-43(39)57(36-5-3-4-6-36)45(61)42(31)32(2)58)49-40-13-11-37(29-47-40)56-23-21-53(22-24-56)20-19-52-17-15-35(16-18-52)55-27-25-54(26-28-55)34-9-7-33(8-10-34)38-12-14-41(59)50-44(38)60/h7-11,13,29-30,35-36,38H,3-6,12,14-28H2,1-2H3,(H,50,59,60)(H,47,48,49,51). The van der Waals surface area contributed by atoms with Crippen LogP contribution in [0.5, 0.6) is 0 Å². The number of piperazine rings is 2. The minimum absolute atomic E-state index is 0.0284. The van der Waals surface area contributed by atoms with Crippen LogP contribution in [0.1, 0.15) is 91.7 Å². The Morgan fingerprint density at radius 2 is 1.39 bits per heavy atom. The molecule has 322 valence electrons. The van der Waals surface area contributed by atoms with Crippen molar-refractivity contribution in [2.24, 2.45) is 0 Å². The zero-order chi connectivity index (χ0) is 42.0. The lowest BCUT2D eigenvalue weighted by molar-refractivity contribution is -0.134. The molecule has 61 heavy (non-hydrogen) atoms. The van der Waals surface area contributed by atoms with Crippen molar-refractivity contribution in [1.82, 2.24) is 39.5 Å². The van der Waals surface area contributed by atoms with Crippen LogP contribution in [0.3, 0.4) is 0 Å². The number of fused-ring (bicyclic) bond motifs is 1. The van der Waals surface area contributed by atoms with E-state index in [2.05, 4.69) is 70.4 Å². The molecule has 1 atom stereocenters. The predicted octanol–water partition coefficient (Wildman–Crippen LogP) is 4.49. The number of nitrogens with zero attached hydrogens (tertiary/aromatic N) is 9. The van der Waals surface area contributed by atoms with Crippen LogP contribution in [-0.4, -0.2) is 136 Å². The highest BCUT2D eigenvalue weighted by Crippen LogP contribution is 2.33. The number of aryl methyl sites for hydroxylation is 1. The summed E-state index contributed by atoms with van der Waals surface area (Å²) in [5.41, 5.74) is 4.47. The lowest BCUT2D eigenvalue weighted by Crippen LogP contribution is -2.54. The fourth-order valence-electron chi connectivity index (χ4n) is 10.4. The summed E-state index contributed by atoms with van der Waals surface area (Å²) < 4.78 is 1.74. The van der Waals surface area contributed by atoms with Gasteiger partial charge in [-0.1, -0.05) is 25.0 Å². The third-order valence-electron chi connectivity index (χ3n) is 14.0. The van der Waals surface area contributed by atoms with Gasteiger partial charge in [-0.25, -0.2) is 9.97 Å². The maximum absolute atomic E-state index is 13.6. The molecule has 4 aliphatic heterocycles. The van der Waals surface area contributed by atoms with Crippen LogP contribution in [0.15, 0.2) is 53.6 Å². The molecule has 5 aliphatic rings. The van der Waals surface area contributed by atoms with E-state index < -0.39 is 0 Å². The molecule has 0 radical (unpaired) electrons. The normalized spacial score (nSPS) is 21.6. The van der Waals surface area contributed by atoms with E-state index in [9.17, 15) is 19.2 Å². The Kier molecular flexibility index (Phi) is 12.1. The molecule has 2 amide bonds. The number of benzene rings is 1. The third-order valence-corrected chi connectivity index (χ3v) is 14.0. The number of likely N-dealkylation sites (tertiary alicyclic amines) is 1. The molecule has 15 nitrogen and oxygen atoms in total. The Labute approximate surface area is 357 Å². The largest absolute Gasteiger partial charge is 0.369 e. The highest BCUT2D eigenvalue weighted by molar-refractivity contribution is 6.01. The Morgan fingerprint density at radius 1 is 0.738 bits per heavy atom. The first-order valence-corrected chi connectivity index (χ1v) is 22.5. The van der Waals surface area contributed by atoms with E-state index in [1.165, 1.54) is 25.5 Å². The van der Waals surface area contributed by atoms with Crippen LogP contribution < -0.4 is 26.0 Å². The lowest BCUT2D eigenvalue weighted by Gasteiger charge is -2.44. The number of carbonyl (C=O) groups excluding carboxylic acids is 3. The van der Waals surface area contributed by atoms with Crippen LogP contribution in [-0.2, 0) is 9.59 Å². The number of anilines is 4. The zero-order valence-corrected chi connectivity index (χ0v) is 35.7. The van der Waals surface area contributed by atoms with Crippen molar-refractivity contribution in [2.45, 2.75) is 83.2 Å². The number of Topliss-reactive ketones (excluding diaryl/α,β-unsaturated/α-hetero) is 1. The summed E-state index contributed by atoms with van der Waals surface area (Å²) in [5, 5.41) is 6.45. The highest BCUT2D eigenvalue weighted by Gasteiger charge is 2.31. The topological polar surface area (TPSA) is 152 Å². The molecule has 3 aromatic heterocycles. The number of amides is 2. The van der Waals surface area contributed by atoms with Crippen LogP contribution in [0.25, 0.3) is 11.0 Å². The molecule has 5 fully saturated rings. The van der Waals surface area contributed by atoms with Crippen molar-refractivity contribution in [2.75, 3.05) is 93.7 Å². The summed E-state index contributed by atoms with van der Waals surface area (Å²) in [7, 11) is 0. The summed E-state index contributed by atoms with van der Waals surface area (Å²) in [6, 6.07) is 13.1. The monoisotopic (exact) mass is 829 g/mol. The van der Waals surface area contributed by atoms with Gasteiger partial charge in [0.25, 0.3) is 5.56 Å². The number of piperidine rings is 2. The third kappa shape index (κ3) is 8.91. The van der Waals surface area contributed by atoms with Gasteiger partial charge in [0.15, 0.2) is 5.78 Å². The first-order valence-electron chi connectivity index (χ1n) is 22.5.